The van der Waals surface area contributed by atoms with E-state index in [2.05, 4.69) is 29.2 Å². The first-order valence-corrected chi connectivity index (χ1v) is 10.8. The first-order valence-electron chi connectivity index (χ1n) is 10.8. The molecule has 0 radical (unpaired) electrons. The van der Waals surface area contributed by atoms with Crippen molar-refractivity contribution >= 4 is 11.4 Å². The van der Waals surface area contributed by atoms with Crippen LogP contribution in [0.25, 0.3) is 0 Å². The lowest BCUT2D eigenvalue weighted by Gasteiger charge is -2.28. The summed E-state index contributed by atoms with van der Waals surface area (Å²) in [5.74, 6) is 0.405. The Morgan fingerprint density at radius 1 is 0.636 bits per heavy atom. The average molecular weight is 448 g/mol. The molecule has 0 aliphatic carbocycles. The van der Waals surface area contributed by atoms with Crippen LogP contribution in [0.2, 0.25) is 0 Å². The molecule has 0 aliphatic heterocycles. The number of para-hydroxylation sites is 2. The van der Waals surface area contributed by atoms with Crippen LogP contribution >= 0.6 is 0 Å². The minimum atomic E-state index is -4.37. The summed E-state index contributed by atoms with van der Waals surface area (Å²) < 4.78 is 45.0. The number of alkyl halides is 3. The van der Waals surface area contributed by atoms with E-state index in [1.807, 2.05) is 66.7 Å². The Bertz CT molecular complexity index is 1080. The van der Waals surface area contributed by atoms with Crippen molar-refractivity contribution in [1.82, 2.24) is 0 Å². The molecular formula is C28H24F3NO. The highest BCUT2D eigenvalue weighted by Crippen LogP contribution is 2.33. The zero-order chi connectivity index (χ0) is 23.1. The second-order valence-electron chi connectivity index (χ2n) is 7.65. The van der Waals surface area contributed by atoms with E-state index in [4.69, 9.17) is 4.74 Å². The first kappa shape index (κ1) is 22.5. The zero-order valence-electron chi connectivity index (χ0n) is 18.0. The Balaban J connectivity index is 1.57. The van der Waals surface area contributed by atoms with E-state index in [1.54, 1.807) is 0 Å². The van der Waals surface area contributed by atoms with Gasteiger partial charge in [-0.25, -0.2) is 0 Å². The second kappa shape index (κ2) is 10.3. The van der Waals surface area contributed by atoms with Crippen LogP contribution < -0.4 is 9.64 Å². The number of ether oxygens (including phenoxy) is 1. The van der Waals surface area contributed by atoms with Gasteiger partial charge >= 0.3 is 6.18 Å². The number of hydrogen-bond donors (Lipinski definition) is 0. The van der Waals surface area contributed by atoms with E-state index >= 15 is 0 Å². The number of anilines is 2. The maximum atomic E-state index is 12.9. The van der Waals surface area contributed by atoms with Crippen LogP contribution in [0.3, 0.4) is 0 Å². The highest BCUT2D eigenvalue weighted by molar-refractivity contribution is 5.62. The van der Waals surface area contributed by atoms with Crippen molar-refractivity contribution in [3.8, 4) is 5.75 Å². The van der Waals surface area contributed by atoms with Gasteiger partial charge in [0.1, 0.15) is 11.9 Å². The van der Waals surface area contributed by atoms with E-state index in [0.717, 1.165) is 29.1 Å². The molecule has 0 aromatic heterocycles. The fraction of sp³-hybridized carbons (Fsp3) is 0.143. The van der Waals surface area contributed by atoms with Gasteiger partial charge in [-0.3, -0.25) is 0 Å². The van der Waals surface area contributed by atoms with E-state index in [1.165, 1.54) is 12.1 Å². The molecule has 0 saturated heterocycles. The molecule has 0 N–H and O–H groups in total. The predicted octanol–water partition coefficient (Wildman–Crippen LogP) is 8.05. The molecule has 0 saturated carbocycles. The third-order valence-electron chi connectivity index (χ3n) is 5.38. The third-order valence-corrected chi connectivity index (χ3v) is 5.38. The lowest BCUT2D eigenvalue weighted by atomic mass is 10.1. The zero-order valence-corrected chi connectivity index (χ0v) is 18.0. The topological polar surface area (TPSA) is 12.5 Å². The molecule has 168 valence electrons. The number of benzene rings is 4. The van der Waals surface area contributed by atoms with Gasteiger partial charge < -0.3 is 9.64 Å². The van der Waals surface area contributed by atoms with Gasteiger partial charge in [0.05, 0.1) is 5.56 Å². The standard InChI is InChI=1S/C28H24F3NO/c29-28(30,31)23-16-18-26(19-17-23)33-27(22-10-4-1-5-11-22)20-21-32(24-12-6-2-7-13-24)25-14-8-3-9-15-25/h1-19,27H,20-21H2. The lowest BCUT2D eigenvalue weighted by molar-refractivity contribution is -0.137. The van der Waals surface area contributed by atoms with Gasteiger partial charge in [-0.2, -0.15) is 13.2 Å². The molecule has 4 rings (SSSR count). The minimum absolute atomic E-state index is 0.321. The molecule has 0 heterocycles. The molecule has 2 nitrogen and oxygen atoms in total. The van der Waals surface area contributed by atoms with E-state index in [9.17, 15) is 13.2 Å². The summed E-state index contributed by atoms with van der Waals surface area (Å²) >= 11 is 0. The van der Waals surface area contributed by atoms with Gasteiger partial charge in [0.25, 0.3) is 0 Å². The molecule has 0 spiro atoms. The van der Waals surface area contributed by atoms with Gasteiger partial charge in [-0.05, 0) is 54.1 Å². The van der Waals surface area contributed by atoms with Crippen molar-refractivity contribution in [3.05, 3.63) is 126 Å². The number of nitrogens with zero attached hydrogens (tertiary/aromatic N) is 1. The second-order valence-corrected chi connectivity index (χ2v) is 7.65. The van der Waals surface area contributed by atoms with Crippen molar-refractivity contribution in [3.63, 3.8) is 0 Å². The molecule has 0 amide bonds. The van der Waals surface area contributed by atoms with Crippen molar-refractivity contribution in [2.75, 3.05) is 11.4 Å². The highest BCUT2D eigenvalue weighted by Gasteiger charge is 2.30. The van der Waals surface area contributed by atoms with Crippen LogP contribution in [0, 0.1) is 0 Å². The van der Waals surface area contributed by atoms with Gasteiger partial charge in [-0.15, -0.1) is 0 Å². The molecule has 4 aromatic rings. The van der Waals surface area contributed by atoms with Crippen LogP contribution in [0.1, 0.15) is 23.7 Å². The number of hydrogen-bond acceptors (Lipinski definition) is 2. The summed E-state index contributed by atoms with van der Waals surface area (Å²) in [6.45, 7) is 0.661. The Morgan fingerprint density at radius 2 is 1.12 bits per heavy atom. The highest BCUT2D eigenvalue weighted by atomic mass is 19.4. The maximum Gasteiger partial charge on any atom is 0.416 e. The van der Waals surface area contributed by atoms with Gasteiger partial charge in [0.2, 0.25) is 0 Å². The van der Waals surface area contributed by atoms with Crippen LogP contribution in [-0.4, -0.2) is 6.54 Å². The summed E-state index contributed by atoms with van der Waals surface area (Å²) in [5.41, 5.74) is 2.40. The van der Waals surface area contributed by atoms with Crippen molar-refractivity contribution in [2.24, 2.45) is 0 Å². The summed E-state index contributed by atoms with van der Waals surface area (Å²) in [6.07, 6.45) is -4.06. The smallest absolute Gasteiger partial charge is 0.416 e. The average Bonchev–Trinajstić information content (AvgIpc) is 2.85. The van der Waals surface area contributed by atoms with Crippen LogP contribution in [0.15, 0.2) is 115 Å². The van der Waals surface area contributed by atoms with Crippen molar-refractivity contribution < 1.29 is 17.9 Å². The Kier molecular flexibility index (Phi) is 6.98. The van der Waals surface area contributed by atoms with E-state index in [-0.39, 0.29) is 6.10 Å². The number of rotatable bonds is 8. The maximum absolute atomic E-state index is 12.9. The summed E-state index contributed by atoms with van der Waals surface area (Å²) in [5, 5.41) is 0. The van der Waals surface area contributed by atoms with Crippen LogP contribution in [-0.2, 0) is 6.18 Å². The fourth-order valence-corrected chi connectivity index (χ4v) is 3.72. The largest absolute Gasteiger partial charge is 0.486 e. The minimum Gasteiger partial charge on any atom is -0.486 e. The Labute approximate surface area is 191 Å². The van der Waals surface area contributed by atoms with Crippen molar-refractivity contribution in [1.29, 1.82) is 0 Å². The molecular weight excluding hydrogens is 423 g/mol. The predicted molar refractivity (Wildman–Crippen MR) is 126 cm³/mol. The SMILES string of the molecule is FC(F)(F)c1ccc(OC(CCN(c2ccccc2)c2ccccc2)c2ccccc2)cc1. The van der Waals surface area contributed by atoms with Gasteiger partial charge in [0.15, 0.2) is 0 Å². The molecule has 4 aromatic carbocycles. The van der Waals surface area contributed by atoms with E-state index in [0.29, 0.717) is 18.7 Å². The summed E-state index contributed by atoms with van der Waals surface area (Å²) in [7, 11) is 0. The molecule has 33 heavy (non-hydrogen) atoms. The monoisotopic (exact) mass is 447 g/mol. The first-order chi connectivity index (χ1) is 16.0. The van der Waals surface area contributed by atoms with E-state index < -0.39 is 11.7 Å². The summed E-state index contributed by atoms with van der Waals surface area (Å²) in [6, 6.07) is 34.8. The molecule has 0 fully saturated rings. The quantitative estimate of drug-likeness (QED) is 0.271. The number of halogens is 3. The Morgan fingerprint density at radius 3 is 1.61 bits per heavy atom. The van der Waals surface area contributed by atoms with Crippen LogP contribution in [0.5, 0.6) is 5.75 Å². The van der Waals surface area contributed by atoms with Gasteiger partial charge in [0, 0.05) is 24.3 Å². The fourth-order valence-electron chi connectivity index (χ4n) is 3.72. The van der Waals surface area contributed by atoms with Crippen molar-refractivity contribution in [2.45, 2.75) is 18.7 Å². The molecule has 1 unspecified atom stereocenters. The van der Waals surface area contributed by atoms with Gasteiger partial charge in [-0.1, -0.05) is 66.7 Å². The third kappa shape index (κ3) is 5.95. The molecule has 5 heteroatoms. The summed E-state index contributed by atoms with van der Waals surface area (Å²) in [4.78, 5) is 2.21. The molecule has 0 aliphatic rings. The normalized spacial score (nSPS) is 12.2. The molecule has 1 atom stereocenters. The Hall–Kier alpha value is -3.73. The lowest BCUT2D eigenvalue weighted by Crippen LogP contribution is -2.22. The van der Waals surface area contributed by atoms with Crippen LogP contribution in [0.4, 0.5) is 24.5 Å². The molecule has 0 bridgehead atoms.